The number of benzene rings is 2. The van der Waals surface area contributed by atoms with Crippen LogP contribution >= 0.6 is 11.6 Å². The van der Waals surface area contributed by atoms with Crippen LogP contribution in [0.5, 0.6) is 0 Å². The van der Waals surface area contributed by atoms with E-state index in [0.29, 0.717) is 22.6 Å². The fourth-order valence-electron chi connectivity index (χ4n) is 2.37. The molecule has 28 heavy (non-hydrogen) atoms. The van der Waals surface area contributed by atoms with E-state index in [1.165, 1.54) is 25.3 Å². The Morgan fingerprint density at radius 3 is 2.25 bits per heavy atom. The summed E-state index contributed by atoms with van der Waals surface area (Å²) in [6, 6.07) is 12.4. The van der Waals surface area contributed by atoms with Gasteiger partial charge in [-0.15, -0.1) is 0 Å². The average molecular weight is 408 g/mol. The first-order valence-corrected chi connectivity index (χ1v) is 8.31. The van der Waals surface area contributed by atoms with Crippen LogP contribution in [-0.4, -0.2) is 23.0 Å². The molecule has 1 aromatic heterocycles. The molecule has 0 saturated heterocycles. The third-order valence-corrected chi connectivity index (χ3v) is 3.94. The number of carbonyl (C=O) groups excluding carboxylic acids is 1. The van der Waals surface area contributed by atoms with Crippen molar-refractivity contribution in [3.8, 4) is 11.4 Å². The fourth-order valence-corrected chi connectivity index (χ4v) is 2.56. The Hall–Kier alpha value is -3.13. The van der Waals surface area contributed by atoms with E-state index < -0.39 is 17.7 Å². The lowest BCUT2D eigenvalue weighted by Gasteiger charge is -2.10. The van der Waals surface area contributed by atoms with Gasteiger partial charge < -0.3 is 10.1 Å². The number of anilines is 2. The zero-order chi connectivity index (χ0) is 20.3. The van der Waals surface area contributed by atoms with Crippen LogP contribution in [0.2, 0.25) is 5.15 Å². The molecule has 3 aromatic rings. The summed E-state index contributed by atoms with van der Waals surface area (Å²) in [4.78, 5) is 19.8. The number of aromatic nitrogens is 2. The van der Waals surface area contributed by atoms with Crippen molar-refractivity contribution in [2.75, 3.05) is 12.4 Å². The highest BCUT2D eigenvalue weighted by atomic mass is 35.5. The molecule has 0 bridgehead atoms. The number of carbonyl (C=O) groups is 1. The lowest BCUT2D eigenvalue weighted by molar-refractivity contribution is -0.137. The highest BCUT2D eigenvalue weighted by Gasteiger charge is 2.30. The highest BCUT2D eigenvalue weighted by molar-refractivity contribution is 6.29. The molecule has 0 aliphatic carbocycles. The van der Waals surface area contributed by atoms with Crippen LogP contribution < -0.4 is 5.32 Å². The first-order chi connectivity index (χ1) is 13.3. The number of methoxy groups -OCH3 is 1. The summed E-state index contributed by atoms with van der Waals surface area (Å²) in [5.74, 6) is 0.0665. The molecule has 0 fully saturated rings. The Balaban J connectivity index is 1.84. The van der Waals surface area contributed by atoms with Crippen LogP contribution in [0.1, 0.15) is 15.9 Å². The molecule has 0 spiro atoms. The fraction of sp³-hybridized carbons (Fsp3) is 0.105. The maximum absolute atomic E-state index is 12.7. The van der Waals surface area contributed by atoms with Crippen LogP contribution in [0.4, 0.5) is 24.7 Å². The van der Waals surface area contributed by atoms with Crippen molar-refractivity contribution in [2.24, 2.45) is 0 Å². The molecule has 0 unspecified atom stereocenters. The number of esters is 1. The van der Waals surface area contributed by atoms with Gasteiger partial charge in [0.15, 0.2) is 5.82 Å². The minimum absolute atomic E-state index is 0.124. The maximum Gasteiger partial charge on any atom is 0.416 e. The van der Waals surface area contributed by atoms with Crippen molar-refractivity contribution < 1.29 is 22.7 Å². The first-order valence-electron chi connectivity index (χ1n) is 7.94. The average Bonchev–Trinajstić information content (AvgIpc) is 2.67. The van der Waals surface area contributed by atoms with Crippen LogP contribution in [0, 0.1) is 0 Å². The lowest BCUT2D eigenvalue weighted by Crippen LogP contribution is -2.04. The molecule has 2 aromatic carbocycles. The van der Waals surface area contributed by atoms with E-state index in [1.807, 2.05) is 0 Å². The molecule has 0 saturated carbocycles. The van der Waals surface area contributed by atoms with Gasteiger partial charge >= 0.3 is 12.1 Å². The Morgan fingerprint density at radius 1 is 1.04 bits per heavy atom. The van der Waals surface area contributed by atoms with Crippen molar-refractivity contribution in [3.63, 3.8) is 0 Å². The van der Waals surface area contributed by atoms with Crippen LogP contribution in [0.3, 0.4) is 0 Å². The molecule has 0 aliphatic rings. The van der Waals surface area contributed by atoms with Gasteiger partial charge in [0.1, 0.15) is 11.0 Å². The van der Waals surface area contributed by atoms with Gasteiger partial charge in [0, 0.05) is 17.3 Å². The number of alkyl halides is 3. The van der Waals surface area contributed by atoms with Crippen molar-refractivity contribution in [3.05, 3.63) is 70.9 Å². The van der Waals surface area contributed by atoms with Crippen LogP contribution in [-0.2, 0) is 10.9 Å². The zero-order valence-corrected chi connectivity index (χ0v) is 15.2. The largest absolute Gasteiger partial charge is 0.465 e. The number of nitrogens with zero attached hydrogens (tertiary/aromatic N) is 2. The summed E-state index contributed by atoms with van der Waals surface area (Å²) in [7, 11) is 1.29. The van der Waals surface area contributed by atoms with Crippen LogP contribution in [0.25, 0.3) is 11.4 Å². The number of ether oxygens (including phenoxy) is 1. The van der Waals surface area contributed by atoms with Gasteiger partial charge in [0.25, 0.3) is 0 Å². The third kappa shape index (κ3) is 4.58. The summed E-state index contributed by atoms with van der Waals surface area (Å²) in [5.41, 5.74) is 0.641. The molecule has 9 heteroatoms. The number of rotatable bonds is 4. The standard InChI is InChI=1S/C19H13ClF3N3O2/c1-28-18(27)12-4-8-14(9-5-12)24-16-10-15(20)25-17(26-16)11-2-6-13(7-3-11)19(21,22)23/h2-10H,1H3,(H,24,25,26). The molecule has 3 rings (SSSR count). The first kappa shape index (κ1) is 19.6. The topological polar surface area (TPSA) is 64.1 Å². The second-order valence-corrected chi connectivity index (χ2v) is 6.06. The minimum Gasteiger partial charge on any atom is -0.465 e. The smallest absolute Gasteiger partial charge is 0.416 e. The maximum atomic E-state index is 12.7. The van der Waals surface area contributed by atoms with Crippen molar-refractivity contribution in [2.45, 2.75) is 6.18 Å². The normalized spacial score (nSPS) is 11.2. The number of nitrogens with one attached hydrogen (secondary N) is 1. The Kier molecular flexibility index (Phi) is 5.51. The predicted octanol–water partition coefficient (Wildman–Crippen LogP) is 5.35. The van der Waals surface area contributed by atoms with Crippen LogP contribution in [0.15, 0.2) is 54.6 Å². The molecule has 0 radical (unpaired) electrons. The monoisotopic (exact) mass is 407 g/mol. The minimum atomic E-state index is -4.42. The molecule has 0 aliphatic heterocycles. The van der Waals surface area contributed by atoms with Gasteiger partial charge in [-0.25, -0.2) is 14.8 Å². The quantitative estimate of drug-likeness (QED) is 0.467. The van der Waals surface area contributed by atoms with E-state index in [9.17, 15) is 18.0 Å². The SMILES string of the molecule is COC(=O)c1ccc(Nc2cc(Cl)nc(-c3ccc(C(F)(F)F)cc3)n2)cc1. The molecule has 1 N–H and O–H groups in total. The number of hydrogen-bond donors (Lipinski definition) is 1. The molecular formula is C19H13ClF3N3O2. The van der Waals surface area contributed by atoms with Crippen molar-refractivity contribution in [1.29, 1.82) is 0 Å². The lowest BCUT2D eigenvalue weighted by atomic mass is 10.1. The number of halogens is 4. The van der Waals surface area contributed by atoms with E-state index in [-0.39, 0.29) is 11.0 Å². The van der Waals surface area contributed by atoms with Crippen molar-refractivity contribution >= 4 is 29.1 Å². The third-order valence-electron chi connectivity index (χ3n) is 3.74. The van der Waals surface area contributed by atoms with Gasteiger partial charge in [-0.3, -0.25) is 0 Å². The Morgan fingerprint density at radius 2 is 1.68 bits per heavy atom. The summed E-state index contributed by atoms with van der Waals surface area (Å²) in [6.45, 7) is 0. The van der Waals surface area contributed by atoms with E-state index in [2.05, 4.69) is 20.0 Å². The molecule has 5 nitrogen and oxygen atoms in total. The van der Waals surface area contributed by atoms with Gasteiger partial charge in [-0.2, -0.15) is 13.2 Å². The summed E-state index contributed by atoms with van der Waals surface area (Å²) >= 11 is 6.02. The van der Waals surface area contributed by atoms with Crippen molar-refractivity contribution in [1.82, 2.24) is 9.97 Å². The highest BCUT2D eigenvalue weighted by Crippen LogP contribution is 2.31. The summed E-state index contributed by atoms with van der Waals surface area (Å²) in [6.07, 6.45) is -4.42. The van der Waals surface area contributed by atoms with E-state index in [1.54, 1.807) is 24.3 Å². The second-order valence-electron chi connectivity index (χ2n) is 5.67. The molecule has 144 valence electrons. The second kappa shape index (κ2) is 7.85. The zero-order valence-electron chi connectivity index (χ0n) is 14.4. The summed E-state index contributed by atoms with van der Waals surface area (Å²) in [5, 5.41) is 3.13. The van der Waals surface area contributed by atoms with E-state index in [4.69, 9.17) is 11.6 Å². The van der Waals surface area contributed by atoms with Gasteiger partial charge in [0.05, 0.1) is 18.2 Å². The van der Waals surface area contributed by atoms with Gasteiger partial charge in [-0.05, 0) is 36.4 Å². The van der Waals surface area contributed by atoms with Gasteiger partial charge in [0.2, 0.25) is 0 Å². The van der Waals surface area contributed by atoms with E-state index in [0.717, 1.165) is 12.1 Å². The number of hydrogen-bond acceptors (Lipinski definition) is 5. The predicted molar refractivity (Wildman–Crippen MR) is 98.5 cm³/mol. The molecule has 1 heterocycles. The molecule has 0 amide bonds. The molecular weight excluding hydrogens is 395 g/mol. The van der Waals surface area contributed by atoms with E-state index >= 15 is 0 Å². The summed E-state index contributed by atoms with van der Waals surface area (Å²) < 4.78 is 42.7. The molecule has 0 atom stereocenters. The Labute approximate surface area is 163 Å². The Bertz CT molecular complexity index is 991. The van der Waals surface area contributed by atoms with Gasteiger partial charge in [-0.1, -0.05) is 23.7 Å².